The number of nitrogens with zero attached hydrogens (tertiary/aromatic N) is 2. The van der Waals surface area contributed by atoms with E-state index in [1.165, 1.54) is 0 Å². The van der Waals surface area contributed by atoms with Gasteiger partial charge in [0.1, 0.15) is 0 Å². The van der Waals surface area contributed by atoms with Crippen molar-refractivity contribution in [3.05, 3.63) is 65.3 Å². The van der Waals surface area contributed by atoms with Crippen LogP contribution >= 0.6 is 0 Å². The van der Waals surface area contributed by atoms with Crippen LogP contribution in [0.4, 0.5) is 10.2 Å². The summed E-state index contributed by atoms with van der Waals surface area (Å²) >= 11 is 0.481. The first-order chi connectivity index (χ1) is 10.9. The molecule has 0 saturated heterocycles. The van der Waals surface area contributed by atoms with E-state index in [2.05, 4.69) is 31.6 Å². The summed E-state index contributed by atoms with van der Waals surface area (Å²) in [6.07, 6.45) is 7.61. The molecule has 1 atom stereocenters. The number of benzene rings is 1. The maximum absolute atomic E-state index is 15.0. The number of hydrogen-bond acceptors (Lipinski definition) is 2. The van der Waals surface area contributed by atoms with E-state index in [0.29, 0.717) is 21.5 Å². The van der Waals surface area contributed by atoms with Crippen molar-refractivity contribution in [1.29, 1.82) is 0 Å². The van der Waals surface area contributed by atoms with Crippen molar-refractivity contribution in [2.24, 2.45) is 5.41 Å². The van der Waals surface area contributed by atoms with Gasteiger partial charge in [0.25, 0.3) is 0 Å². The molecule has 1 aromatic carbocycles. The van der Waals surface area contributed by atoms with Crippen LogP contribution in [-0.4, -0.2) is 32.8 Å². The van der Waals surface area contributed by atoms with E-state index in [4.69, 9.17) is 0 Å². The molecule has 124 valence electrons. The van der Waals surface area contributed by atoms with Gasteiger partial charge in [-0.3, -0.25) is 0 Å². The number of allylic oxidation sites excluding steroid dienone is 2. The average molecular weight is 379 g/mol. The minimum absolute atomic E-state index is 0.104. The van der Waals surface area contributed by atoms with E-state index in [1.807, 2.05) is 59.7 Å². The first-order valence-corrected chi connectivity index (χ1v) is 10.5. The molecule has 23 heavy (non-hydrogen) atoms. The second kappa shape index (κ2) is 7.96. The van der Waals surface area contributed by atoms with Gasteiger partial charge in [0.05, 0.1) is 0 Å². The zero-order chi connectivity index (χ0) is 16.9. The first-order valence-electron chi connectivity index (χ1n) is 7.76. The van der Waals surface area contributed by atoms with Crippen LogP contribution in [0.5, 0.6) is 0 Å². The Morgan fingerprint density at radius 2 is 1.96 bits per heavy atom. The Morgan fingerprint density at radius 1 is 1.26 bits per heavy atom. The zero-order valence-electron chi connectivity index (χ0n) is 14.2. The van der Waals surface area contributed by atoms with Crippen LogP contribution in [0.1, 0.15) is 20.8 Å². The van der Waals surface area contributed by atoms with Gasteiger partial charge in [-0.05, 0) is 0 Å². The molecule has 0 aromatic heterocycles. The van der Waals surface area contributed by atoms with Crippen molar-refractivity contribution in [3.63, 3.8) is 0 Å². The van der Waals surface area contributed by atoms with Crippen LogP contribution < -0.4 is 4.90 Å². The van der Waals surface area contributed by atoms with Gasteiger partial charge in [0.2, 0.25) is 0 Å². The quantitative estimate of drug-likeness (QED) is 0.537. The third-order valence-corrected chi connectivity index (χ3v) is 4.34. The van der Waals surface area contributed by atoms with Gasteiger partial charge >= 0.3 is 145 Å². The van der Waals surface area contributed by atoms with Gasteiger partial charge < -0.3 is 0 Å². The number of halogens is 1. The van der Waals surface area contributed by atoms with Crippen molar-refractivity contribution >= 4 is 20.6 Å². The summed E-state index contributed by atoms with van der Waals surface area (Å²) in [6.45, 7) is 6.54. The Bertz CT molecular complexity index is 587. The molecule has 1 aromatic rings. The molecule has 0 spiro atoms. The van der Waals surface area contributed by atoms with Gasteiger partial charge in [-0.15, -0.1) is 0 Å². The SMILES string of the molecule is C[Se]/C=C\C=C1\C=CN(c2ccccc2)C1N(F)CC(C)(C)C. The fourth-order valence-electron chi connectivity index (χ4n) is 2.53. The molecule has 0 N–H and O–H groups in total. The average Bonchev–Trinajstić information content (AvgIpc) is 2.91. The van der Waals surface area contributed by atoms with Crippen LogP contribution in [0.15, 0.2) is 65.3 Å². The molecule has 0 radical (unpaired) electrons. The summed E-state index contributed by atoms with van der Waals surface area (Å²) in [5.41, 5.74) is 1.87. The van der Waals surface area contributed by atoms with E-state index in [0.717, 1.165) is 16.4 Å². The third kappa shape index (κ3) is 5.07. The van der Waals surface area contributed by atoms with Crippen molar-refractivity contribution in [3.8, 4) is 0 Å². The fraction of sp³-hybridized carbons (Fsp3) is 0.368. The predicted octanol–water partition coefficient (Wildman–Crippen LogP) is 4.77. The molecular weight excluding hydrogens is 354 g/mol. The Hall–Kier alpha value is -1.35. The van der Waals surface area contributed by atoms with Crippen LogP contribution in [0, 0.1) is 5.41 Å². The third-order valence-electron chi connectivity index (χ3n) is 3.44. The topological polar surface area (TPSA) is 6.48 Å². The normalized spacial score (nSPS) is 20.3. The Balaban J connectivity index is 2.30. The fourth-order valence-corrected chi connectivity index (χ4v) is 3.02. The Labute approximate surface area is 145 Å². The molecule has 0 aliphatic carbocycles. The van der Waals surface area contributed by atoms with Gasteiger partial charge in [-0.1, -0.05) is 0 Å². The number of rotatable bonds is 5. The molecule has 4 heteroatoms. The van der Waals surface area contributed by atoms with Gasteiger partial charge in [0.15, 0.2) is 0 Å². The number of anilines is 1. The summed E-state index contributed by atoms with van der Waals surface area (Å²) < 4.78 is 15.0. The molecule has 2 nitrogen and oxygen atoms in total. The Morgan fingerprint density at radius 3 is 2.57 bits per heavy atom. The summed E-state index contributed by atoms with van der Waals surface area (Å²) in [4.78, 5) is 4.13. The molecule has 0 fully saturated rings. The molecule has 0 amide bonds. The van der Waals surface area contributed by atoms with Gasteiger partial charge in [-0.2, -0.15) is 0 Å². The van der Waals surface area contributed by atoms with E-state index >= 15 is 0 Å². The standard InChI is InChI=1S/C19H25FN2Se/c1-19(2,3)15-22(20)18-16(9-8-14-23-4)12-13-21(18)17-10-6-5-7-11-17/h5-14,18H,15H2,1-4H3/b14-8-,16-9-. The molecule has 1 heterocycles. The predicted molar refractivity (Wildman–Crippen MR) is 98.0 cm³/mol. The van der Waals surface area contributed by atoms with E-state index in [9.17, 15) is 4.48 Å². The molecule has 0 saturated carbocycles. The summed E-state index contributed by atoms with van der Waals surface area (Å²) in [5.74, 6) is 2.15. The van der Waals surface area contributed by atoms with Crippen molar-refractivity contribution < 1.29 is 4.48 Å². The van der Waals surface area contributed by atoms with Crippen LogP contribution in [0.25, 0.3) is 0 Å². The van der Waals surface area contributed by atoms with Crippen LogP contribution in [0.2, 0.25) is 5.82 Å². The second-order valence-electron chi connectivity index (χ2n) is 6.78. The second-order valence-corrected chi connectivity index (χ2v) is 8.34. The van der Waals surface area contributed by atoms with E-state index in [1.54, 1.807) is 0 Å². The van der Waals surface area contributed by atoms with Crippen LogP contribution in [-0.2, 0) is 0 Å². The van der Waals surface area contributed by atoms with Crippen LogP contribution in [0.3, 0.4) is 0 Å². The number of para-hydroxylation sites is 1. The zero-order valence-corrected chi connectivity index (χ0v) is 16.0. The molecule has 1 unspecified atom stereocenters. The maximum atomic E-state index is 15.0. The minimum atomic E-state index is -0.411. The van der Waals surface area contributed by atoms with Crippen molar-refractivity contribution in [2.75, 3.05) is 11.4 Å². The van der Waals surface area contributed by atoms with E-state index in [-0.39, 0.29) is 5.41 Å². The molecule has 1 aliphatic rings. The van der Waals surface area contributed by atoms with Crippen molar-refractivity contribution in [1.82, 2.24) is 5.12 Å². The van der Waals surface area contributed by atoms with Gasteiger partial charge in [0, 0.05) is 0 Å². The summed E-state index contributed by atoms with van der Waals surface area (Å²) in [6, 6.07) is 9.96. The Kier molecular flexibility index (Phi) is 6.23. The van der Waals surface area contributed by atoms with Gasteiger partial charge in [-0.25, -0.2) is 0 Å². The van der Waals surface area contributed by atoms with Crippen molar-refractivity contribution in [2.45, 2.75) is 32.8 Å². The first kappa shape index (κ1) is 18.0. The summed E-state index contributed by atoms with van der Waals surface area (Å²) in [5, 5.41) is 0.948. The number of hydrogen-bond donors (Lipinski definition) is 0. The molecule has 2 rings (SSSR count). The monoisotopic (exact) mass is 380 g/mol. The molecular formula is C19H25FN2Se. The summed E-state index contributed by atoms with van der Waals surface area (Å²) in [7, 11) is 0. The molecule has 1 aliphatic heterocycles. The molecule has 0 bridgehead atoms. The van der Waals surface area contributed by atoms with E-state index < -0.39 is 6.17 Å².